The zero-order valence-electron chi connectivity index (χ0n) is 31.9. The topological polar surface area (TPSA) is 106 Å². The third-order valence-electron chi connectivity index (χ3n) is 11.4. The maximum absolute atomic E-state index is 13.5. The van der Waals surface area contributed by atoms with E-state index in [1.807, 2.05) is 134 Å². The molecule has 4 heterocycles. The van der Waals surface area contributed by atoms with Crippen LogP contribution in [0, 0.1) is 0 Å². The van der Waals surface area contributed by atoms with Gasteiger partial charge in [-0.3, -0.25) is 0 Å². The van der Waals surface area contributed by atoms with E-state index in [1.54, 1.807) is 8.61 Å². The highest BCUT2D eigenvalue weighted by Crippen LogP contribution is 2.42. The molecule has 2 N–H and O–H groups in total. The summed E-state index contributed by atoms with van der Waals surface area (Å²) >= 11 is 0. The molecule has 0 aliphatic carbocycles. The van der Waals surface area contributed by atoms with Gasteiger partial charge in [0, 0.05) is 58.4 Å². The van der Waals surface area contributed by atoms with E-state index >= 15 is 0 Å². The Morgan fingerprint density at radius 3 is 1.22 bits per heavy atom. The largest absolute Gasteiger partial charge is 0.361 e. The summed E-state index contributed by atoms with van der Waals surface area (Å²) in [6, 6.07) is 50.7. The van der Waals surface area contributed by atoms with Gasteiger partial charge in [-0.15, -0.1) is 0 Å². The molecule has 2 atom stereocenters. The average molecular weight is 805 g/mol. The second-order valence-electron chi connectivity index (χ2n) is 15.0. The van der Waals surface area contributed by atoms with Crippen molar-refractivity contribution in [3.05, 3.63) is 215 Å². The van der Waals surface area contributed by atoms with Gasteiger partial charge in [-0.05, 0) is 58.4 Å². The number of aromatic nitrogens is 2. The molecule has 0 bridgehead atoms. The summed E-state index contributed by atoms with van der Waals surface area (Å²) in [7, 11) is -7.01. The van der Waals surface area contributed by atoms with E-state index in [-0.39, 0.29) is 23.6 Å². The van der Waals surface area contributed by atoms with E-state index in [1.165, 1.54) is 11.1 Å². The molecule has 0 radical (unpaired) electrons. The molecular formula is C48H44N4O4S2. The number of hydrogen-bond donors (Lipinski definition) is 2. The minimum atomic E-state index is -3.50. The Bertz CT molecular complexity index is 2730. The van der Waals surface area contributed by atoms with Crippen LogP contribution in [0.25, 0.3) is 21.8 Å². The molecule has 10 rings (SSSR count). The van der Waals surface area contributed by atoms with Crippen molar-refractivity contribution in [2.75, 3.05) is 13.1 Å². The Morgan fingerprint density at radius 1 is 0.431 bits per heavy atom. The van der Waals surface area contributed by atoms with Crippen molar-refractivity contribution in [2.45, 2.75) is 36.4 Å². The van der Waals surface area contributed by atoms with Crippen LogP contribution >= 0.6 is 0 Å². The number of fused-ring (bicyclic) bond motifs is 4. The highest BCUT2D eigenvalue weighted by molar-refractivity contribution is 7.88. The molecule has 0 amide bonds. The normalized spacial score (nSPS) is 17.3. The molecule has 58 heavy (non-hydrogen) atoms. The van der Waals surface area contributed by atoms with E-state index < -0.39 is 20.0 Å². The van der Waals surface area contributed by atoms with Gasteiger partial charge in [-0.1, -0.05) is 146 Å². The summed E-state index contributed by atoms with van der Waals surface area (Å²) in [5.41, 5.74) is 10.2. The van der Waals surface area contributed by atoms with Crippen molar-refractivity contribution >= 4 is 41.9 Å². The number of benzene rings is 6. The molecule has 10 heteroatoms. The second-order valence-corrected chi connectivity index (χ2v) is 18.8. The van der Waals surface area contributed by atoms with E-state index in [2.05, 4.69) is 46.4 Å². The summed E-state index contributed by atoms with van der Waals surface area (Å²) in [4.78, 5) is 6.63. The molecule has 8 aromatic rings. The fourth-order valence-corrected chi connectivity index (χ4v) is 12.1. The molecule has 0 fully saturated rings. The summed E-state index contributed by atoms with van der Waals surface area (Å²) < 4.78 is 57.5. The third kappa shape index (κ3) is 7.40. The average Bonchev–Trinajstić information content (AvgIpc) is 3.88. The highest BCUT2D eigenvalue weighted by Gasteiger charge is 2.39. The minimum Gasteiger partial charge on any atom is -0.361 e. The van der Waals surface area contributed by atoms with Crippen LogP contribution in [-0.4, -0.2) is 48.5 Å². The monoisotopic (exact) mass is 804 g/mol. The minimum absolute atomic E-state index is 0.00879. The van der Waals surface area contributed by atoms with Gasteiger partial charge in [0.25, 0.3) is 0 Å². The van der Waals surface area contributed by atoms with E-state index in [4.69, 9.17) is 0 Å². The molecule has 2 aliphatic heterocycles. The van der Waals surface area contributed by atoms with Crippen LogP contribution in [0.15, 0.2) is 170 Å². The van der Waals surface area contributed by atoms with Crippen LogP contribution in [0.3, 0.4) is 0 Å². The number of hydrogen-bond acceptors (Lipinski definition) is 4. The summed E-state index contributed by atoms with van der Waals surface area (Å²) in [6.07, 6.45) is 5.37. The molecule has 2 aliphatic rings. The lowest BCUT2D eigenvalue weighted by Gasteiger charge is -2.36. The van der Waals surface area contributed by atoms with Crippen LogP contribution in [0.2, 0.25) is 0 Å². The molecule has 0 unspecified atom stereocenters. The maximum Gasteiger partial charge on any atom is 0.219 e. The predicted octanol–water partition coefficient (Wildman–Crippen LogP) is 9.29. The first-order valence-electron chi connectivity index (χ1n) is 19.6. The van der Waals surface area contributed by atoms with Gasteiger partial charge in [-0.2, -0.15) is 8.61 Å². The molecule has 0 saturated heterocycles. The van der Waals surface area contributed by atoms with Crippen molar-refractivity contribution in [3.8, 4) is 0 Å². The predicted molar refractivity (Wildman–Crippen MR) is 232 cm³/mol. The zero-order valence-corrected chi connectivity index (χ0v) is 33.5. The summed E-state index contributed by atoms with van der Waals surface area (Å²) in [5, 5.41) is 2.13. The van der Waals surface area contributed by atoms with Gasteiger partial charge in [0.1, 0.15) is 0 Å². The van der Waals surface area contributed by atoms with Crippen LogP contribution in [0.5, 0.6) is 0 Å². The Hall–Kier alpha value is -5.78. The fourth-order valence-electron chi connectivity index (χ4n) is 8.71. The molecular weight excluding hydrogens is 761 g/mol. The van der Waals surface area contributed by atoms with Gasteiger partial charge in [-0.25, -0.2) is 16.8 Å². The van der Waals surface area contributed by atoms with E-state index in [0.717, 1.165) is 68.0 Å². The van der Waals surface area contributed by atoms with Gasteiger partial charge >= 0.3 is 0 Å². The first kappa shape index (κ1) is 37.8. The van der Waals surface area contributed by atoms with Gasteiger partial charge < -0.3 is 9.97 Å². The first-order valence-corrected chi connectivity index (χ1v) is 22.8. The lowest BCUT2D eigenvalue weighted by atomic mass is 9.90. The lowest BCUT2D eigenvalue weighted by molar-refractivity contribution is 0.344. The van der Waals surface area contributed by atoms with Crippen LogP contribution < -0.4 is 0 Å². The van der Waals surface area contributed by atoms with Gasteiger partial charge in [0.15, 0.2) is 0 Å². The molecule has 2 aromatic heterocycles. The highest BCUT2D eigenvalue weighted by atomic mass is 32.2. The number of para-hydroxylation sites is 2. The van der Waals surface area contributed by atoms with Crippen molar-refractivity contribution in [3.63, 3.8) is 0 Å². The van der Waals surface area contributed by atoms with Crippen molar-refractivity contribution in [1.82, 2.24) is 18.6 Å². The number of H-pyrrole nitrogens is 2. The van der Waals surface area contributed by atoms with E-state index in [0.29, 0.717) is 13.1 Å². The van der Waals surface area contributed by atoms with E-state index in [9.17, 15) is 16.8 Å². The van der Waals surface area contributed by atoms with Crippen LogP contribution in [-0.2, 0) is 44.4 Å². The van der Waals surface area contributed by atoms with Gasteiger partial charge in [0.2, 0.25) is 20.0 Å². The molecule has 0 spiro atoms. The number of sulfonamides is 2. The fraction of sp³-hybridized carbons (Fsp3) is 0.167. The Morgan fingerprint density at radius 2 is 0.793 bits per heavy atom. The number of rotatable bonds is 8. The lowest BCUT2D eigenvalue weighted by Crippen LogP contribution is -2.41. The van der Waals surface area contributed by atoms with Crippen LogP contribution in [0.4, 0.5) is 0 Å². The molecule has 0 saturated carbocycles. The Balaban J connectivity index is 0.000000150. The van der Waals surface area contributed by atoms with Gasteiger partial charge in [0.05, 0.1) is 23.6 Å². The summed E-state index contributed by atoms with van der Waals surface area (Å²) in [6.45, 7) is 0.965. The number of nitrogens with zero attached hydrogens (tertiary/aromatic N) is 2. The summed E-state index contributed by atoms with van der Waals surface area (Å²) in [5.74, 6) is 0.0176. The quantitative estimate of drug-likeness (QED) is 0.160. The van der Waals surface area contributed by atoms with Crippen molar-refractivity contribution in [2.24, 2.45) is 0 Å². The SMILES string of the molecule is O=S(=O)(Cc1ccccc1)N1CCc2ccccc2[C@@H]1c1c[nH]c2ccccc12.O=S(=O)(Cc1ccccc1)N1CCc2ccccc2[C@@H]1c1c[nH]c2ccccc12. The first-order chi connectivity index (χ1) is 28.3. The van der Waals surface area contributed by atoms with Crippen LogP contribution in [0.1, 0.15) is 56.6 Å². The maximum atomic E-state index is 13.5. The van der Waals surface area contributed by atoms with Crippen molar-refractivity contribution in [1.29, 1.82) is 0 Å². The Kier molecular flexibility index (Phi) is 10.3. The number of aromatic amines is 2. The molecule has 292 valence electrons. The molecule has 6 aromatic carbocycles. The number of nitrogens with one attached hydrogen (secondary N) is 2. The smallest absolute Gasteiger partial charge is 0.219 e. The van der Waals surface area contributed by atoms with Crippen molar-refractivity contribution < 1.29 is 16.8 Å². The Labute approximate surface area is 339 Å². The standard InChI is InChI=1S/2C24H22N2O2S/c2*27-29(28,17-18-8-2-1-3-9-18)26-15-14-19-10-4-5-11-20(19)24(26)22-16-25-23-13-7-6-12-21(22)23/h2*1-13,16,24-25H,14-15,17H2/t2*24-/m11/s1. The second kappa shape index (κ2) is 15.9. The zero-order chi connectivity index (χ0) is 39.7. The third-order valence-corrected chi connectivity index (χ3v) is 15.0. The molecule has 8 nitrogen and oxygen atoms in total.